The van der Waals surface area contributed by atoms with E-state index in [0.29, 0.717) is 5.41 Å². The molecule has 74 valence electrons. The molecule has 3 rings (SSSR count). The highest BCUT2D eigenvalue weighted by Gasteiger charge is 2.64. The third-order valence-corrected chi connectivity index (χ3v) is 4.01. The van der Waals surface area contributed by atoms with Crippen molar-refractivity contribution in [2.45, 2.75) is 43.6 Å². The van der Waals surface area contributed by atoms with Crippen LogP contribution in [0.3, 0.4) is 0 Å². The number of rotatable bonds is 2. The van der Waals surface area contributed by atoms with E-state index in [9.17, 15) is 0 Å². The van der Waals surface area contributed by atoms with Crippen molar-refractivity contribution < 1.29 is 0 Å². The number of pyridine rings is 1. The SMILES string of the molecule is Cc1ncccc1C1(C2(N)CC2)CC1. The number of nitrogens with two attached hydrogens (primary N) is 1. The number of aryl methyl sites for hydroxylation is 1. The van der Waals surface area contributed by atoms with Crippen LogP contribution in [-0.2, 0) is 5.41 Å². The monoisotopic (exact) mass is 188 g/mol. The predicted octanol–water partition coefficient (Wildman–Crippen LogP) is 1.91. The largest absolute Gasteiger partial charge is 0.324 e. The summed E-state index contributed by atoms with van der Waals surface area (Å²) < 4.78 is 0. The zero-order chi connectivity index (χ0) is 9.81. The van der Waals surface area contributed by atoms with Gasteiger partial charge >= 0.3 is 0 Å². The Kier molecular flexibility index (Phi) is 1.43. The highest BCUT2D eigenvalue weighted by Crippen LogP contribution is 2.63. The van der Waals surface area contributed by atoms with Crippen molar-refractivity contribution in [2.24, 2.45) is 5.73 Å². The minimum absolute atomic E-state index is 0.112. The summed E-state index contributed by atoms with van der Waals surface area (Å²) in [5.41, 5.74) is 9.34. The van der Waals surface area contributed by atoms with Crippen LogP contribution < -0.4 is 5.73 Å². The van der Waals surface area contributed by atoms with Crippen molar-refractivity contribution in [3.8, 4) is 0 Å². The molecule has 2 N–H and O–H groups in total. The lowest BCUT2D eigenvalue weighted by Gasteiger charge is -2.24. The molecule has 0 radical (unpaired) electrons. The number of hydrogen-bond acceptors (Lipinski definition) is 2. The Labute approximate surface area is 84.5 Å². The fourth-order valence-corrected chi connectivity index (χ4v) is 2.76. The van der Waals surface area contributed by atoms with Gasteiger partial charge in [0.15, 0.2) is 0 Å². The van der Waals surface area contributed by atoms with E-state index < -0.39 is 0 Å². The highest BCUT2D eigenvalue weighted by atomic mass is 14.9. The molecule has 1 heterocycles. The molecule has 0 atom stereocenters. The van der Waals surface area contributed by atoms with Crippen molar-refractivity contribution in [1.82, 2.24) is 4.98 Å². The Morgan fingerprint density at radius 1 is 1.29 bits per heavy atom. The summed E-state index contributed by atoms with van der Waals surface area (Å²) in [5.74, 6) is 0. The molecule has 2 fully saturated rings. The summed E-state index contributed by atoms with van der Waals surface area (Å²) in [6.07, 6.45) is 6.78. The maximum atomic E-state index is 6.36. The Balaban J connectivity index is 2.07. The van der Waals surface area contributed by atoms with Crippen LogP contribution in [-0.4, -0.2) is 10.5 Å². The Bertz CT molecular complexity index is 376. The van der Waals surface area contributed by atoms with E-state index in [1.54, 1.807) is 0 Å². The lowest BCUT2D eigenvalue weighted by molar-refractivity contribution is 0.499. The van der Waals surface area contributed by atoms with Crippen LogP contribution in [0.2, 0.25) is 0 Å². The molecule has 14 heavy (non-hydrogen) atoms. The molecule has 2 saturated carbocycles. The smallest absolute Gasteiger partial charge is 0.0410 e. The second-order valence-electron chi connectivity index (χ2n) is 4.87. The van der Waals surface area contributed by atoms with Crippen molar-refractivity contribution in [3.05, 3.63) is 29.6 Å². The molecular weight excluding hydrogens is 172 g/mol. The molecule has 2 nitrogen and oxygen atoms in total. The summed E-state index contributed by atoms with van der Waals surface area (Å²) in [6.45, 7) is 2.10. The summed E-state index contributed by atoms with van der Waals surface area (Å²) in [7, 11) is 0. The Hall–Kier alpha value is -0.890. The third kappa shape index (κ3) is 0.921. The predicted molar refractivity (Wildman–Crippen MR) is 56.0 cm³/mol. The first-order valence-electron chi connectivity index (χ1n) is 5.39. The molecule has 0 aromatic carbocycles. The number of hydrogen-bond donors (Lipinski definition) is 1. The van der Waals surface area contributed by atoms with Crippen molar-refractivity contribution in [2.75, 3.05) is 0 Å². The molecule has 0 unspecified atom stereocenters. The van der Waals surface area contributed by atoms with E-state index in [-0.39, 0.29) is 5.54 Å². The van der Waals surface area contributed by atoms with E-state index in [1.165, 1.54) is 36.9 Å². The first-order valence-corrected chi connectivity index (χ1v) is 5.39. The summed E-state index contributed by atoms with van der Waals surface area (Å²) >= 11 is 0. The number of aromatic nitrogens is 1. The van der Waals surface area contributed by atoms with Gasteiger partial charge in [-0.3, -0.25) is 4.98 Å². The van der Waals surface area contributed by atoms with Gasteiger partial charge in [-0.05, 0) is 44.2 Å². The summed E-state index contributed by atoms with van der Waals surface area (Å²) in [6, 6.07) is 4.25. The molecule has 0 aliphatic heterocycles. The Morgan fingerprint density at radius 3 is 2.50 bits per heavy atom. The third-order valence-electron chi connectivity index (χ3n) is 4.01. The first-order chi connectivity index (χ1) is 6.68. The zero-order valence-electron chi connectivity index (χ0n) is 8.59. The minimum Gasteiger partial charge on any atom is -0.324 e. The fourth-order valence-electron chi connectivity index (χ4n) is 2.76. The molecular formula is C12H16N2. The summed E-state index contributed by atoms with van der Waals surface area (Å²) in [4.78, 5) is 4.37. The first kappa shape index (κ1) is 8.42. The van der Waals surface area contributed by atoms with Gasteiger partial charge in [-0.25, -0.2) is 0 Å². The van der Waals surface area contributed by atoms with E-state index in [0.717, 1.165) is 0 Å². The van der Waals surface area contributed by atoms with Crippen LogP contribution in [0.15, 0.2) is 18.3 Å². The zero-order valence-corrected chi connectivity index (χ0v) is 8.59. The molecule has 0 amide bonds. The average Bonchev–Trinajstić information content (AvgIpc) is 3.01. The highest BCUT2D eigenvalue weighted by molar-refractivity contribution is 5.42. The fraction of sp³-hybridized carbons (Fsp3) is 0.583. The van der Waals surface area contributed by atoms with Gasteiger partial charge in [-0.15, -0.1) is 0 Å². The van der Waals surface area contributed by atoms with Gasteiger partial charge in [-0.2, -0.15) is 0 Å². The maximum absolute atomic E-state index is 6.36. The van der Waals surface area contributed by atoms with Crippen LogP contribution in [0.4, 0.5) is 0 Å². The molecule has 2 aliphatic rings. The summed E-state index contributed by atoms with van der Waals surface area (Å²) in [5, 5.41) is 0. The van der Waals surface area contributed by atoms with Gasteiger partial charge < -0.3 is 5.73 Å². The second-order valence-corrected chi connectivity index (χ2v) is 4.87. The van der Waals surface area contributed by atoms with Crippen molar-refractivity contribution in [3.63, 3.8) is 0 Å². The normalized spacial score (nSPS) is 25.9. The Morgan fingerprint density at radius 2 is 2.00 bits per heavy atom. The van der Waals surface area contributed by atoms with Gasteiger partial charge in [0.05, 0.1) is 0 Å². The average molecular weight is 188 g/mol. The van der Waals surface area contributed by atoms with Crippen LogP contribution in [0.5, 0.6) is 0 Å². The molecule has 1 aromatic heterocycles. The lowest BCUT2D eigenvalue weighted by Crippen LogP contribution is -2.37. The van der Waals surface area contributed by atoms with Gasteiger partial charge in [0, 0.05) is 22.8 Å². The van der Waals surface area contributed by atoms with E-state index >= 15 is 0 Å². The second kappa shape index (κ2) is 2.37. The van der Waals surface area contributed by atoms with E-state index in [4.69, 9.17) is 5.73 Å². The van der Waals surface area contributed by atoms with Crippen molar-refractivity contribution in [1.29, 1.82) is 0 Å². The number of nitrogens with zero attached hydrogens (tertiary/aromatic N) is 1. The van der Waals surface area contributed by atoms with Crippen LogP contribution in [0, 0.1) is 6.92 Å². The van der Waals surface area contributed by atoms with Crippen LogP contribution in [0.25, 0.3) is 0 Å². The van der Waals surface area contributed by atoms with Crippen LogP contribution >= 0.6 is 0 Å². The van der Waals surface area contributed by atoms with Crippen molar-refractivity contribution >= 4 is 0 Å². The quantitative estimate of drug-likeness (QED) is 0.770. The van der Waals surface area contributed by atoms with Crippen LogP contribution in [0.1, 0.15) is 36.9 Å². The van der Waals surface area contributed by atoms with Gasteiger partial charge in [0.1, 0.15) is 0 Å². The molecule has 1 aromatic rings. The maximum Gasteiger partial charge on any atom is 0.0410 e. The van der Waals surface area contributed by atoms with Gasteiger partial charge in [-0.1, -0.05) is 6.07 Å². The topological polar surface area (TPSA) is 38.9 Å². The van der Waals surface area contributed by atoms with E-state index in [1.807, 2.05) is 12.3 Å². The molecule has 0 bridgehead atoms. The molecule has 2 aliphatic carbocycles. The lowest BCUT2D eigenvalue weighted by atomic mass is 9.85. The van der Waals surface area contributed by atoms with Gasteiger partial charge in [0.25, 0.3) is 0 Å². The van der Waals surface area contributed by atoms with Gasteiger partial charge in [0.2, 0.25) is 0 Å². The minimum atomic E-state index is 0.112. The van der Waals surface area contributed by atoms with E-state index in [2.05, 4.69) is 18.0 Å². The molecule has 2 heteroatoms. The molecule has 0 spiro atoms. The standard InChI is InChI=1S/C12H16N2/c1-9-10(3-2-8-14-9)11(4-5-11)12(13)6-7-12/h2-3,8H,4-7,13H2,1H3. The molecule has 0 saturated heterocycles.